The van der Waals surface area contributed by atoms with E-state index in [-0.39, 0.29) is 18.7 Å². The number of hydrogen-bond donors (Lipinski definition) is 3. The molecular formula is C13H14N4O4. The summed E-state index contributed by atoms with van der Waals surface area (Å²) in [6, 6.07) is 5.95. The summed E-state index contributed by atoms with van der Waals surface area (Å²) >= 11 is 0. The highest BCUT2D eigenvalue weighted by Crippen LogP contribution is 2.05. The first-order valence-electron chi connectivity index (χ1n) is 6.17. The maximum absolute atomic E-state index is 11.6. The lowest BCUT2D eigenvalue weighted by Crippen LogP contribution is -2.34. The van der Waals surface area contributed by atoms with Gasteiger partial charge in [-0.1, -0.05) is 17.3 Å². The molecule has 1 aromatic carbocycles. The molecule has 110 valence electrons. The van der Waals surface area contributed by atoms with Crippen LogP contribution in [-0.2, 0) is 13.1 Å². The van der Waals surface area contributed by atoms with Gasteiger partial charge in [0.2, 0.25) is 5.89 Å². The van der Waals surface area contributed by atoms with Crippen molar-refractivity contribution in [1.82, 2.24) is 20.8 Å². The third kappa shape index (κ3) is 4.30. The van der Waals surface area contributed by atoms with E-state index in [0.717, 1.165) is 0 Å². The predicted molar refractivity (Wildman–Crippen MR) is 71.5 cm³/mol. The van der Waals surface area contributed by atoms with Crippen molar-refractivity contribution in [3.8, 4) is 0 Å². The quantitative estimate of drug-likeness (QED) is 0.758. The molecule has 3 N–H and O–H groups in total. The Balaban J connectivity index is 1.81. The molecule has 8 nitrogen and oxygen atoms in total. The topological polar surface area (TPSA) is 117 Å². The zero-order valence-corrected chi connectivity index (χ0v) is 11.3. The molecule has 0 aliphatic heterocycles. The first kappa shape index (κ1) is 14.5. The molecule has 0 radical (unpaired) electrons. The van der Waals surface area contributed by atoms with Gasteiger partial charge in [-0.05, 0) is 17.7 Å². The third-order valence-corrected chi connectivity index (χ3v) is 2.60. The number of nitrogens with zero attached hydrogens (tertiary/aromatic N) is 2. The van der Waals surface area contributed by atoms with Crippen molar-refractivity contribution in [2.24, 2.45) is 0 Å². The third-order valence-electron chi connectivity index (χ3n) is 2.60. The minimum absolute atomic E-state index is 0.151. The minimum atomic E-state index is -1.01. The highest BCUT2D eigenvalue weighted by molar-refractivity contribution is 5.87. The summed E-state index contributed by atoms with van der Waals surface area (Å²) in [6.07, 6.45) is 0. The van der Waals surface area contributed by atoms with E-state index in [2.05, 4.69) is 20.8 Å². The molecular weight excluding hydrogens is 276 g/mol. The largest absolute Gasteiger partial charge is 0.478 e. The summed E-state index contributed by atoms with van der Waals surface area (Å²) in [5.41, 5.74) is 0.873. The van der Waals surface area contributed by atoms with Crippen LogP contribution in [-0.4, -0.2) is 27.2 Å². The van der Waals surface area contributed by atoms with Crippen LogP contribution in [0.4, 0.5) is 4.79 Å². The fourth-order valence-electron chi connectivity index (χ4n) is 1.63. The number of carboxylic acids is 1. The van der Waals surface area contributed by atoms with E-state index >= 15 is 0 Å². The van der Waals surface area contributed by atoms with Crippen LogP contribution in [0.1, 0.15) is 27.6 Å². The summed E-state index contributed by atoms with van der Waals surface area (Å²) in [7, 11) is 0. The summed E-state index contributed by atoms with van der Waals surface area (Å²) in [4.78, 5) is 26.4. The predicted octanol–water partition coefficient (Wildman–Crippen LogP) is 1.08. The molecule has 0 saturated carbocycles. The summed E-state index contributed by atoms with van der Waals surface area (Å²) in [5, 5.41) is 17.7. The van der Waals surface area contributed by atoms with Gasteiger partial charge in [-0.3, -0.25) is 0 Å². The maximum Gasteiger partial charge on any atom is 0.335 e. The van der Waals surface area contributed by atoms with E-state index in [1.54, 1.807) is 19.1 Å². The van der Waals surface area contributed by atoms with E-state index in [1.807, 2.05) is 0 Å². The van der Waals surface area contributed by atoms with Gasteiger partial charge in [-0.25, -0.2) is 9.59 Å². The van der Waals surface area contributed by atoms with Crippen molar-refractivity contribution in [1.29, 1.82) is 0 Å². The van der Waals surface area contributed by atoms with Crippen molar-refractivity contribution >= 4 is 12.0 Å². The molecule has 0 saturated heterocycles. The van der Waals surface area contributed by atoms with E-state index in [4.69, 9.17) is 9.63 Å². The van der Waals surface area contributed by atoms with Gasteiger partial charge in [0, 0.05) is 13.5 Å². The Kier molecular flexibility index (Phi) is 4.50. The number of rotatable bonds is 5. The standard InChI is InChI=1S/C13H14N4O4/c1-8-16-11(17-21-8)7-15-13(20)14-6-9-3-2-4-10(5-9)12(18)19/h2-5H,6-7H2,1H3,(H,18,19)(H2,14,15,20). The van der Waals surface area contributed by atoms with Gasteiger partial charge in [0.1, 0.15) is 0 Å². The second kappa shape index (κ2) is 6.51. The zero-order valence-electron chi connectivity index (χ0n) is 11.3. The number of nitrogens with one attached hydrogen (secondary N) is 2. The number of aromatic nitrogens is 2. The molecule has 1 aromatic heterocycles. The zero-order chi connectivity index (χ0) is 15.2. The molecule has 2 rings (SSSR count). The highest BCUT2D eigenvalue weighted by Gasteiger charge is 2.06. The first-order valence-corrected chi connectivity index (χ1v) is 6.17. The molecule has 0 unspecified atom stereocenters. The molecule has 0 fully saturated rings. The average molecular weight is 290 g/mol. The fraction of sp³-hybridized carbons (Fsp3) is 0.231. The number of urea groups is 1. The second-order valence-corrected chi connectivity index (χ2v) is 4.27. The number of hydrogen-bond acceptors (Lipinski definition) is 5. The molecule has 0 bridgehead atoms. The van der Waals surface area contributed by atoms with Gasteiger partial charge >= 0.3 is 12.0 Å². The second-order valence-electron chi connectivity index (χ2n) is 4.27. The Morgan fingerprint density at radius 3 is 2.71 bits per heavy atom. The van der Waals surface area contributed by atoms with Crippen molar-refractivity contribution in [3.63, 3.8) is 0 Å². The minimum Gasteiger partial charge on any atom is -0.478 e. The Morgan fingerprint density at radius 2 is 2.05 bits per heavy atom. The van der Waals surface area contributed by atoms with Crippen LogP contribution in [0.3, 0.4) is 0 Å². The molecule has 2 aromatic rings. The Bertz CT molecular complexity index is 653. The maximum atomic E-state index is 11.6. The highest BCUT2D eigenvalue weighted by atomic mass is 16.5. The van der Waals surface area contributed by atoms with Crippen LogP contribution in [0, 0.1) is 6.92 Å². The lowest BCUT2D eigenvalue weighted by Gasteiger charge is -2.06. The van der Waals surface area contributed by atoms with E-state index in [9.17, 15) is 9.59 Å². The van der Waals surface area contributed by atoms with E-state index in [1.165, 1.54) is 12.1 Å². The Labute approximate surface area is 120 Å². The average Bonchev–Trinajstić information content (AvgIpc) is 2.89. The van der Waals surface area contributed by atoms with Crippen LogP contribution in [0.15, 0.2) is 28.8 Å². The number of carbonyl (C=O) groups is 2. The number of amides is 2. The van der Waals surface area contributed by atoms with Gasteiger partial charge < -0.3 is 20.3 Å². The molecule has 0 spiro atoms. The van der Waals surface area contributed by atoms with Gasteiger partial charge in [-0.2, -0.15) is 4.98 Å². The molecule has 0 aliphatic carbocycles. The van der Waals surface area contributed by atoms with Gasteiger partial charge in [0.05, 0.1) is 12.1 Å². The van der Waals surface area contributed by atoms with E-state index < -0.39 is 12.0 Å². The van der Waals surface area contributed by atoms with Crippen molar-refractivity contribution in [3.05, 3.63) is 47.1 Å². The molecule has 1 heterocycles. The normalized spacial score (nSPS) is 10.1. The van der Waals surface area contributed by atoms with Crippen molar-refractivity contribution in [2.45, 2.75) is 20.0 Å². The number of carboxylic acid groups (broad SMARTS) is 1. The smallest absolute Gasteiger partial charge is 0.335 e. The Hall–Kier alpha value is -2.90. The van der Waals surface area contributed by atoms with E-state index in [0.29, 0.717) is 17.3 Å². The van der Waals surface area contributed by atoms with Crippen LogP contribution < -0.4 is 10.6 Å². The Morgan fingerprint density at radius 1 is 1.29 bits per heavy atom. The van der Waals surface area contributed by atoms with Crippen LogP contribution in [0.2, 0.25) is 0 Å². The molecule has 0 atom stereocenters. The molecule has 21 heavy (non-hydrogen) atoms. The molecule has 8 heteroatoms. The van der Waals surface area contributed by atoms with Crippen molar-refractivity contribution in [2.75, 3.05) is 0 Å². The van der Waals surface area contributed by atoms with Gasteiger partial charge in [-0.15, -0.1) is 0 Å². The number of benzene rings is 1. The first-order chi connectivity index (χ1) is 10.0. The van der Waals surface area contributed by atoms with Crippen molar-refractivity contribution < 1.29 is 19.2 Å². The summed E-state index contributed by atoms with van der Waals surface area (Å²) < 4.78 is 4.77. The number of carbonyl (C=O) groups excluding carboxylic acids is 1. The molecule has 2 amide bonds. The van der Waals surface area contributed by atoms with Gasteiger partial charge in [0.25, 0.3) is 0 Å². The number of aromatic carboxylic acids is 1. The van der Waals surface area contributed by atoms with Crippen LogP contribution >= 0.6 is 0 Å². The lowest BCUT2D eigenvalue weighted by molar-refractivity contribution is 0.0696. The SMILES string of the molecule is Cc1nc(CNC(=O)NCc2cccc(C(=O)O)c2)no1. The van der Waals surface area contributed by atoms with Crippen LogP contribution in [0.5, 0.6) is 0 Å². The fourth-order valence-corrected chi connectivity index (χ4v) is 1.63. The monoisotopic (exact) mass is 290 g/mol. The summed E-state index contributed by atoms with van der Waals surface area (Å²) in [5.74, 6) is -0.193. The van der Waals surface area contributed by atoms with Gasteiger partial charge in [0.15, 0.2) is 5.82 Å². The number of aryl methyl sites for hydroxylation is 1. The molecule has 0 aliphatic rings. The lowest BCUT2D eigenvalue weighted by atomic mass is 10.1. The van der Waals surface area contributed by atoms with Crippen LogP contribution in [0.25, 0.3) is 0 Å². The summed E-state index contributed by atoms with van der Waals surface area (Å²) in [6.45, 7) is 2.03.